The van der Waals surface area contributed by atoms with Gasteiger partial charge in [-0.25, -0.2) is 0 Å². The molecule has 2 aromatic carbocycles. The van der Waals surface area contributed by atoms with E-state index in [1.807, 2.05) is 38.1 Å². The number of aromatic hydroxyl groups is 2. The van der Waals surface area contributed by atoms with Gasteiger partial charge in [0, 0.05) is 18.3 Å². The van der Waals surface area contributed by atoms with Crippen LogP contribution in [0.5, 0.6) is 11.5 Å². The molecule has 6 nitrogen and oxygen atoms in total. The lowest BCUT2D eigenvalue weighted by molar-refractivity contribution is -0.152. The van der Waals surface area contributed by atoms with Crippen LogP contribution in [-0.4, -0.2) is 35.4 Å². The number of esters is 2. The highest BCUT2D eigenvalue weighted by Gasteiger charge is 2.23. The maximum atomic E-state index is 12.3. The third-order valence-corrected chi connectivity index (χ3v) is 12.4. The zero-order valence-electron chi connectivity index (χ0n) is 38.4. The van der Waals surface area contributed by atoms with Crippen LogP contribution in [0.3, 0.4) is 0 Å². The molecule has 2 aromatic rings. The molecule has 0 radical (unpaired) electrons. The number of hydrogen-bond donors (Lipinski definition) is 2. The Labute approximate surface area is 362 Å². The highest BCUT2D eigenvalue weighted by Crippen LogP contribution is 2.33. The second-order valence-corrected chi connectivity index (χ2v) is 18.4. The highest BCUT2D eigenvalue weighted by atomic mass is 16.5. The van der Waals surface area contributed by atoms with Crippen LogP contribution in [0.4, 0.5) is 0 Å². The Hall–Kier alpha value is -3.02. The van der Waals surface area contributed by atoms with Crippen molar-refractivity contribution in [2.45, 2.75) is 232 Å². The number of phenolic OH excluding ortho intramolecular Hbond substituents is 2. The Balaban J connectivity index is 1.31. The lowest BCUT2D eigenvalue weighted by Gasteiger charge is -2.23. The van der Waals surface area contributed by atoms with Gasteiger partial charge >= 0.3 is 11.9 Å². The van der Waals surface area contributed by atoms with Gasteiger partial charge in [-0.15, -0.1) is 0 Å². The molecule has 59 heavy (non-hydrogen) atoms. The molecule has 0 bridgehead atoms. The van der Waals surface area contributed by atoms with Crippen LogP contribution < -0.4 is 0 Å². The van der Waals surface area contributed by atoms with Crippen LogP contribution in [0, 0.1) is 5.41 Å². The fourth-order valence-electron chi connectivity index (χ4n) is 8.42. The molecule has 2 unspecified atom stereocenters. The van der Waals surface area contributed by atoms with Crippen molar-refractivity contribution in [2.24, 2.45) is 5.41 Å². The Kier molecular flexibility index (Phi) is 29.7. The molecule has 0 spiro atoms. The van der Waals surface area contributed by atoms with Crippen molar-refractivity contribution in [3.05, 3.63) is 59.7 Å². The van der Waals surface area contributed by atoms with E-state index in [0.717, 1.165) is 62.5 Å². The Morgan fingerprint density at radius 2 is 0.729 bits per heavy atom. The van der Waals surface area contributed by atoms with Crippen molar-refractivity contribution in [3.63, 3.8) is 0 Å². The predicted octanol–water partition coefficient (Wildman–Crippen LogP) is 15.8. The van der Waals surface area contributed by atoms with Gasteiger partial charge in [-0.1, -0.05) is 205 Å². The number of unbranched alkanes of at least 4 members (excludes halogenated alkanes) is 22. The quantitative estimate of drug-likeness (QED) is 0.0518. The van der Waals surface area contributed by atoms with Gasteiger partial charge in [-0.2, -0.15) is 0 Å². The predicted molar refractivity (Wildman–Crippen MR) is 247 cm³/mol. The molecule has 2 atom stereocenters. The van der Waals surface area contributed by atoms with Crippen LogP contribution >= 0.6 is 0 Å². The summed E-state index contributed by atoms with van der Waals surface area (Å²) >= 11 is 0. The Bertz CT molecular complexity index is 1240. The zero-order chi connectivity index (χ0) is 42.8. The number of ether oxygens (including phenoxy) is 2. The van der Waals surface area contributed by atoms with E-state index < -0.39 is 0 Å². The topological polar surface area (TPSA) is 93.1 Å². The van der Waals surface area contributed by atoms with Gasteiger partial charge in [0.15, 0.2) is 0 Å². The van der Waals surface area contributed by atoms with E-state index in [9.17, 15) is 19.8 Å². The van der Waals surface area contributed by atoms with Crippen LogP contribution in [0.25, 0.3) is 0 Å². The number of rotatable bonds is 38. The Morgan fingerprint density at radius 3 is 1.02 bits per heavy atom. The summed E-state index contributed by atoms with van der Waals surface area (Å²) in [7, 11) is 0. The first-order valence-electron chi connectivity index (χ1n) is 24.5. The van der Waals surface area contributed by atoms with E-state index in [4.69, 9.17) is 9.47 Å². The van der Waals surface area contributed by atoms with Gasteiger partial charge in [0.05, 0.1) is 13.2 Å². The molecule has 2 N–H and O–H groups in total. The van der Waals surface area contributed by atoms with Gasteiger partial charge < -0.3 is 19.7 Å². The summed E-state index contributed by atoms with van der Waals surface area (Å²) in [4.78, 5) is 24.7. The summed E-state index contributed by atoms with van der Waals surface area (Å²) in [6.07, 6.45) is 34.9. The maximum Gasteiger partial charge on any atom is 0.305 e. The van der Waals surface area contributed by atoms with Crippen LogP contribution in [0.2, 0.25) is 0 Å². The average molecular weight is 821 g/mol. The summed E-state index contributed by atoms with van der Waals surface area (Å²) in [6, 6.07) is 15.6. The molecule has 0 aromatic heterocycles. The van der Waals surface area contributed by atoms with E-state index in [1.165, 1.54) is 128 Å². The highest BCUT2D eigenvalue weighted by molar-refractivity contribution is 5.69. The molecule has 0 aliphatic rings. The van der Waals surface area contributed by atoms with E-state index in [-0.39, 0.29) is 30.6 Å². The van der Waals surface area contributed by atoms with Crippen molar-refractivity contribution in [3.8, 4) is 11.5 Å². The molecule has 0 saturated carbocycles. The van der Waals surface area contributed by atoms with Crippen LogP contribution in [-0.2, 0) is 19.1 Å². The fraction of sp³-hybridized carbons (Fsp3) is 0.736. The molecular weight excluding hydrogens is 733 g/mol. The molecule has 336 valence electrons. The average Bonchev–Trinajstić information content (AvgIpc) is 3.23. The number of hydrogen-bond acceptors (Lipinski definition) is 6. The number of carbonyl (C=O) groups is 2. The molecule has 0 aliphatic heterocycles. The molecular formula is C53H88O6. The van der Waals surface area contributed by atoms with Gasteiger partial charge in [-0.05, 0) is 73.6 Å². The molecule has 0 heterocycles. The van der Waals surface area contributed by atoms with E-state index in [2.05, 4.69) is 26.0 Å². The zero-order valence-corrected chi connectivity index (χ0v) is 38.4. The van der Waals surface area contributed by atoms with E-state index >= 15 is 0 Å². The minimum Gasteiger partial charge on any atom is -0.508 e. The SMILES string of the molecule is CCC(CCCCCCCCCCCCCCC(=O)OCC(C)(C)COC(=O)CCCCCCCCCCCCCCC(CC)c1ccccc1O)c1ccccc1O. The van der Waals surface area contributed by atoms with Gasteiger partial charge in [0.1, 0.15) is 11.5 Å². The van der Waals surface area contributed by atoms with Gasteiger partial charge in [-0.3, -0.25) is 9.59 Å². The monoisotopic (exact) mass is 821 g/mol. The molecule has 2 rings (SSSR count). The van der Waals surface area contributed by atoms with Crippen molar-refractivity contribution < 1.29 is 29.3 Å². The number of phenols is 2. The Morgan fingerprint density at radius 1 is 0.458 bits per heavy atom. The summed E-state index contributed by atoms with van der Waals surface area (Å²) in [5.74, 6) is 1.53. The normalized spacial score (nSPS) is 12.7. The third kappa shape index (κ3) is 26.0. The minimum atomic E-state index is -0.387. The van der Waals surface area contributed by atoms with E-state index in [0.29, 0.717) is 36.2 Å². The maximum absolute atomic E-state index is 12.3. The van der Waals surface area contributed by atoms with Gasteiger partial charge in [0.25, 0.3) is 0 Å². The molecule has 6 heteroatoms. The van der Waals surface area contributed by atoms with Crippen LogP contribution in [0.1, 0.15) is 243 Å². The second kappa shape index (κ2) is 33.7. The molecule has 0 saturated heterocycles. The second-order valence-electron chi connectivity index (χ2n) is 18.4. The summed E-state index contributed by atoms with van der Waals surface area (Å²) in [5, 5.41) is 20.3. The lowest BCUT2D eigenvalue weighted by atomic mass is 9.90. The van der Waals surface area contributed by atoms with Crippen molar-refractivity contribution in [2.75, 3.05) is 13.2 Å². The summed E-state index contributed by atoms with van der Waals surface area (Å²) in [6.45, 7) is 8.95. The number of para-hydroxylation sites is 2. The fourth-order valence-corrected chi connectivity index (χ4v) is 8.42. The number of carbonyl (C=O) groups excluding carboxylic acids is 2. The van der Waals surface area contributed by atoms with Crippen molar-refractivity contribution in [1.29, 1.82) is 0 Å². The van der Waals surface area contributed by atoms with Crippen molar-refractivity contribution in [1.82, 2.24) is 0 Å². The number of benzene rings is 2. The molecule has 0 amide bonds. The first-order chi connectivity index (χ1) is 28.7. The van der Waals surface area contributed by atoms with Crippen molar-refractivity contribution >= 4 is 11.9 Å². The summed E-state index contributed by atoms with van der Waals surface area (Å²) in [5.41, 5.74) is 1.83. The van der Waals surface area contributed by atoms with E-state index in [1.54, 1.807) is 12.1 Å². The van der Waals surface area contributed by atoms with Crippen LogP contribution in [0.15, 0.2) is 48.5 Å². The first kappa shape index (κ1) is 52.1. The smallest absolute Gasteiger partial charge is 0.305 e. The third-order valence-electron chi connectivity index (χ3n) is 12.4. The minimum absolute atomic E-state index is 0.147. The standard InChI is InChI=1S/C53H88O6/c1-5-45(47-37-31-33-39-49(47)54)35-27-23-19-15-11-7-9-13-17-21-25-29-41-51(56)58-43-53(3,4)44-59-52(57)42-30-26-22-18-14-10-8-12-16-20-24-28-36-46(6-2)48-38-32-34-40-50(48)55/h31-34,37-40,45-46,54-55H,5-30,35-36,41-44H2,1-4H3. The lowest BCUT2D eigenvalue weighted by Crippen LogP contribution is -2.28. The molecule has 0 aliphatic carbocycles. The first-order valence-corrected chi connectivity index (χ1v) is 24.5. The molecule has 0 fully saturated rings. The summed E-state index contributed by atoms with van der Waals surface area (Å²) < 4.78 is 11.1. The largest absolute Gasteiger partial charge is 0.508 e. The van der Waals surface area contributed by atoms with Gasteiger partial charge in [0.2, 0.25) is 0 Å².